The van der Waals surface area contributed by atoms with Gasteiger partial charge in [-0.3, -0.25) is 0 Å². The zero-order valence-corrected chi connectivity index (χ0v) is 9.76. The molecule has 7 heteroatoms. The van der Waals surface area contributed by atoms with Crippen molar-refractivity contribution in [3.63, 3.8) is 0 Å². The van der Waals surface area contributed by atoms with Crippen LogP contribution in [0.15, 0.2) is 9.42 Å². The van der Waals surface area contributed by atoms with Gasteiger partial charge < -0.3 is 15.6 Å². The van der Waals surface area contributed by atoms with Gasteiger partial charge in [0.15, 0.2) is 20.6 Å². The van der Waals surface area contributed by atoms with Gasteiger partial charge in [-0.05, 0) is 5.92 Å². The smallest absolute Gasteiger partial charge is 0.243 e. The van der Waals surface area contributed by atoms with Crippen LogP contribution in [0.25, 0.3) is 0 Å². The number of sulfone groups is 1. The van der Waals surface area contributed by atoms with E-state index < -0.39 is 9.84 Å². The molecule has 1 rings (SSSR count). The molecule has 0 saturated heterocycles. The molecule has 3 N–H and O–H groups in total. The molecular formula is C8H15N3O3S. The first kappa shape index (κ1) is 11.8. The Morgan fingerprint density at radius 3 is 2.60 bits per heavy atom. The number of hydrogen-bond donors (Lipinski definition) is 2. The molecule has 1 aromatic rings. The Morgan fingerprint density at radius 2 is 2.13 bits per heavy atom. The molecule has 0 aliphatic rings. The molecule has 0 radical (unpaired) electrons. The maximum Gasteiger partial charge on any atom is 0.243 e. The largest absolute Gasteiger partial charge is 0.366 e. The highest BCUT2D eigenvalue weighted by atomic mass is 32.2. The minimum atomic E-state index is -3.41. The number of nitrogens with zero attached hydrogens (tertiary/aromatic N) is 1. The number of rotatable bonds is 4. The fourth-order valence-corrected chi connectivity index (χ4v) is 1.93. The van der Waals surface area contributed by atoms with Crippen LogP contribution in [0.1, 0.15) is 13.8 Å². The summed E-state index contributed by atoms with van der Waals surface area (Å²) in [5.41, 5.74) is 5.39. The second-order valence-corrected chi connectivity index (χ2v) is 5.72. The average Bonchev–Trinajstić information content (AvgIpc) is 2.42. The van der Waals surface area contributed by atoms with E-state index in [0.29, 0.717) is 12.5 Å². The Labute approximate surface area is 88.7 Å². The van der Waals surface area contributed by atoms with Gasteiger partial charge in [0.25, 0.3) is 0 Å². The van der Waals surface area contributed by atoms with Gasteiger partial charge in [0.1, 0.15) is 0 Å². The highest BCUT2D eigenvalue weighted by Gasteiger charge is 2.23. The van der Waals surface area contributed by atoms with Crippen molar-refractivity contribution in [3.8, 4) is 0 Å². The molecule has 0 bridgehead atoms. The third-order valence-electron chi connectivity index (χ3n) is 1.72. The molecule has 86 valence electrons. The van der Waals surface area contributed by atoms with Crippen LogP contribution in [0.4, 0.5) is 11.7 Å². The van der Waals surface area contributed by atoms with Crippen molar-refractivity contribution in [2.45, 2.75) is 18.7 Å². The van der Waals surface area contributed by atoms with Crippen molar-refractivity contribution in [1.82, 2.24) is 5.16 Å². The van der Waals surface area contributed by atoms with Crippen LogP contribution in [0.3, 0.4) is 0 Å². The molecule has 15 heavy (non-hydrogen) atoms. The summed E-state index contributed by atoms with van der Waals surface area (Å²) in [7, 11) is -3.41. The standard InChI is InChI=1S/C8H15N3O3S/c1-5(2)4-10-8-6(15(3,12)13)7(9)14-11-8/h5H,4,9H2,1-3H3,(H,10,11). The third kappa shape index (κ3) is 2.85. The van der Waals surface area contributed by atoms with E-state index in [1.807, 2.05) is 13.8 Å². The molecule has 0 atom stereocenters. The Balaban J connectivity index is 3.00. The quantitative estimate of drug-likeness (QED) is 0.795. The Kier molecular flexibility index (Phi) is 3.23. The molecule has 1 aromatic heterocycles. The Bertz CT molecular complexity index is 436. The molecule has 0 aromatic carbocycles. The van der Waals surface area contributed by atoms with Crippen LogP contribution in [0.5, 0.6) is 0 Å². The predicted molar refractivity (Wildman–Crippen MR) is 57.4 cm³/mol. The van der Waals surface area contributed by atoms with Crippen molar-refractivity contribution in [1.29, 1.82) is 0 Å². The summed E-state index contributed by atoms with van der Waals surface area (Å²) < 4.78 is 27.4. The predicted octanol–water partition coefficient (Wildman–Crippen LogP) is 0.728. The van der Waals surface area contributed by atoms with Crippen LogP contribution < -0.4 is 11.1 Å². The fourth-order valence-electron chi connectivity index (χ4n) is 1.07. The number of nitrogens with two attached hydrogens (primary N) is 1. The molecule has 0 aliphatic heterocycles. The second kappa shape index (κ2) is 4.09. The average molecular weight is 233 g/mol. The normalized spacial score (nSPS) is 12.0. The van der Waals surface area contributed by atoms with Gasteiger partial charge in [0.2, 0.25) is 5.88 Å². The first-order valence-corrected chi connectivity index (χ1v) is 6.40. The van der Waals surface area contributed by atoms with Gasteiger partial charge in [0, 0.05) is 12.8 Å². The molecule has 0 saturated carbocycles. The Morgan fingerprint density at radius 1 is 1.53 bits per heavy atom. The maximum atomic E-state index is 11.4. The summed E-state index contributed by atoms with van der Waals surface area (Å²) in [6.45, 7) is 4.60. The van der Waals surface area contributed by atoms with E-state index in [1.54, 1.807) is 0 Å². The summed E-state index contributed by atoms with van der Waals surface area (Å²) in [5.74, 6) is 0.378. The zero-order valence-electron chi connectivity index (χ0n) is 8.94. The second-order valence-electron chi connectivity index (χ2n) is 3.77. The van der Waals surface area contributed by atoms with Gasteiger partial charge in [0.05, 0.1) is 0 Å². The van der Waals surface area contributed by atoms with Crippen molar-refractivity contribution in [2.24, 2.45) is 5.92 Å². The lowest BCUT2D eigenvalue weighted by molar-refractivity contribution is 0.437. The first-order chi connectivity index (χ1) is 6.82. The van der Waals surface area contributed by atoms with E-state index in [-0.39, 0.29) is 16.6 Å². The van der Waals surface area contributed by atoms with Gasteiger partial charge in [-0.1, -0.05) is 19.0 Å². The molecule has 1 heterocycles. The Hall–Kier alpha value is -1.24. The van der Waals surface area contributed by atoms with Crippen LogP contribution >= 0.6 is 0 Å². The van der Waals surface area contributed by atoms with Crippen LogP contribution in [-0.4, -0.2) is 26.4 Å². The lowest BCUT2D eigenvalue weighted by Gasteiger charge is -2.06. The number of nitrogens with one attached hydrogen (secondary N) is 1. The summed E-state index contributed by atoms with van der Waals surface area (Å²) in [4.78, 5) is -0.0665. The fraction of sp³-hybridized carbons (Fsp3) is 0.625. The highest BCUT2D eigenvalue weighted by molar-refractivity contribution is 7.91. The van der Waals surface area contributed by atoms with Crippen LogP contribution in [0.2, 0.25) is 0 Å². The lowest BCUT2D eigenvalue weighted by Crippen LogP contribution is -2.11. The zero-order chi connectivity index (χ0) is 11.6. The monoisotopic (exact) mass is 233 g/mol. The minimum absolute atomic E-state index is 0.0665. The topological polar surface area (TPSA) is 98.2 Å². The molecule has 0 spiro atoms. The van der Waals surface area contributed by atoms with E-state index in [9.17, 15) is 8.42 Å². The maximum absolute atomic E-state index is 11.4. The molecule has 0 fully saturated rings. The van der Waals surface area contributed by atoms with E-state index in [0.717, 1.165) is 6.26 Å². The SMILES string of the molecule is CC(C)CNc1noc(N)c1S(C)(=O)=O. The van der Waals surface area contributed by atoms with Crippen LogP contribution in [0, 0.1) is 5.92 Å². The number of hydrogen-bond acceptors (Lipinski definition) is 6. The summed E-state index contributed by atoms with van der Waals surface area (Å²) in [5, 5.41) is 6.44. The first-order valence-electron chi connectivity index (χ1n) is 4.51. The number of aromatic nitrogens is 1. The molecule has 0 aliphatic carbocycles. The van der Waals surface area contributed by atoms with Crippen molar-refractivity contribution >= 4 is 21.5 Å². The minimum Gasteiger partial charge on any atom is -0.366 e. The summed E-state index contributed by atoms with van der Waals surface area (Å²) in [6.07, 6.45) is 1.07. The number of nitrogen functional groups attached to an aromatic ring is 1. The van der Waals surface area contributed by atoms with Crippen molar-refractivity contribution in [2.75, 3.05) is 23.9 Å². The molecular weight excluding hydrogens is 218 g/mol. The van der Waals surface area contributed by atoms with Crippen molar-refractivity contribution < 1.29 is 12.9 Å². The molecule has 0 amide bonds. The van der Waals surface area contributed by atoms with Gasteiger partial charge in [-0.2, -0.15) is 0 Å². The number of anilines is 2. The van der Waals surface area contributed by atoms with Gasteiger partial charge >= 0.3 is 0 Å². The van der Waals surface area contributed by atoms with E-state index in [1.165, 1.54) is 0 Å². The van der Waals surface area contributed by atoms with Gasteiger partial charge in [-0.15, -0.1) is 0 Å². The lowest BCUT2D eigenvalue weighted by atomic mass is 10.2. The van der Waals surface area contributed by atoms with Crippen LogP contribution in [-0.2, 0) is 9.84 Å². The summed E-state index contributed by atoms with van der Waals surface area (Å²) >= 11 is 0. The van der Waals surface area contributed by atoms with E-state index in [2.05, 4.69) is 15.0 Å². The third-order valence-corrected chi connectivity index (χ3v) is 2.86. The van der Waals surface area contributed by atoms with Gasteiger partial charge in [-0.25, -0.2) is 8.42 Å². The van der Waals surface area contributed by atoms with E-state index in [4.69, 9.17) is 5.73 Å². The van der Waals surface area contributed by atoms with Crippen molar-refractivity contribution in [3.05, 3.63) is 0 Å². The molecule has 0 unspecified atom stereocenters. The molecule has 6 nitrogen and oxygen atoms in total. The summed E-state index contributed by atoms with van der Waals surface area (Å²) in [6, 6.07) is 0. The highest BCUT2D eigenvalue weighted by Crippen LogP contribution is 2.26. The van der Waals surface area contributed by atoms with E-state index >= 15 is 0 Å².